The normalized spacial score (nSPS) is 19.1. The van der Waals surface area contributed by atoms with Crippen LogP contribution in [0, 0.1) is 0 Å². The second-order valence-corrected chi connectivity index (χ2v) is 11.3. The summed E-state index contributed by atoms with van der Waals surface area (Å²) in [7, 11) is -3.70. The number of amides is 1. The Bertz CT molecular complexity index is 1210. The van der Waals surface area contributed by atoms with Gasteiger partial charge in [0.05, 0.1) is 10.2 Å². The van der Waals surface area contributed by atoms with Crippen LogP contribution in [0.5, 0.6) is 0 Å². The molecule has 1 unspecified atom stereocenters. The number of rotatable bonds is 4. The molecule has 0 saturated carbocycles. The van der Waals surface area contributed by atoms with Crippen LogP contribution in [-0.4, -0.2) is 35.8 Å². The molecule has 0 spiro atoms. The SMILES string of the molecule is CCn1c(=NC(=O)C2CCCCN2S(=O)(=O)c2cccs2)sc2cc(Cl)ccc21. The van der Waals surface area contributed by atoms with E-state index >= 15 is 0 Å². The molecule has 1 aromatic carbocycles. The zero-order chi connectivity index (χ0) is 20.6. The predicted molar refractivity (Wildman–Crippen MR) is 117 cm³/mol. The van der Waals surface area contributed by atoms with Crippen LogP contribution >= 0.6 is 34.3 Å². The molecule has 3 aromatic rings. The number of piperidine rings is 1. The van der Waals surface area contributed by atoms with Crippen LogP contribution in [-0.2, 0) is 21.4 Å². The lowest BCUT2D eigenvalue weighted by molar-refractivity contribution is -0.122. The summed E-state index contributed by atoms with van der Waals surface area (Å²) in [6, 6.07) is 8.09. The van der Waals surface area contributed by atoms with Crippen LogP contribution in [0.15, 0.2) is 44.9 Å². The van der Waals surface area contributed by atoms with Crippen molar-refractivity contribution in [3.63, 3.8) is 0 Å². The summed E-state index contributed by atoms with van der Waals surface area (Å²) in [5, 5.41) is 2.35. The van der Waals surface area contributed by atoms with Crippen LogP contribution in [0.1, 0.15) is 26.2 Å². The fourth-order valence-corrected chi connectivity index (χ4v) is 7.72. The molecule has 2 aromatic heterocycles. The Balaban J connectivity index is 1.74. The molecule has 1 saturated heterocycles. The number of carbonyl (C=O) groups is 1. The molecule has 0 radical (unpaired) electrons. The smallest absolute Gasteiger partial charge is 0.266 e. The van der Waals surface area contributed by atoms with Gasteiger partial charge in [-0.25, -0.2) is 8.42 Å². The Labute approximate surface area is 182 Å². The number of halogens is 1. The number of thiophene rings is 1. The van der Waals surface area contributed by atoms with Crippen molar-refractivity contribution < 1.29 is 13.2 Å². The molecule has 1 amide bonds. The van der Waals surface area contributed by atoms with E-state index in [0.29, 0.717) is 29.3 Å². The van der Waals surface area contributed by atoms with Gasteiger partial charge in [0.15, 0.2) is 4.80 Å². The number of hydrogen-bond donors (Lipinski definition) is 0. The lowest BCUT2D eigenvalue weighted by Crippen LogP contribution is -2.47. The molecule has 0 aliphatic carbocycles. The average Bonchev–Trinajstić information content (AvgIpc) is 3.35. The van der Waals surface area contributed by atoms with Gasteiger partial charge in [0, 0.05) is 18.1 Å². The Hall–Kier alpha value is -1.52. The molecule has 29 heavy (non-hydrogen) atoms. The highest BCUT2D eigenvalue weighted by molar-refractivity contribution is 7.91. The number of aromatic nitrogens is 1. The van der Waals surface area contributed by atoms with Gasteiger partial charge >= 0.3 is 0 Å². The summed E-state index contributed by atoms with van der Waals surface area (Å²) in [6.07, 6.45) is 2.03. The zero-order valence-electron chi connectivity index (χ0n) is 15.7. The van der Waals surface area contributed by atoms with Gasteiger partial charge in [-0.05, 0) is 49.4 Å². The molecule has 154 valence electrons. The van der Waals surface area contributed by atoms with E-state index in [-0.39, 0.29) is 4.21 Å². The Morgan fingerprint density at radius 1 is 1.31 bits per heavy atom. The second kappa shape index (κ2) is 8.31. The van der Waals surface area contributed by atoms with Gasteiger partial charge in [-0.2, -0.15) is 9.30 Å². The van der Waals surface area contributed by atoms with E-state index in [9.17, 15) is 13.2 Å². The van der Waals surface area contributed by atoms with E-state index in [1.807, 2.05) is 29.7 Å². The van der Waals surface area contributed by atoms with Crippen molar-refractivity contribution in [2.45, 2.75) is 43.0 Å². The van der Waals surface area contributed by atoms with Crippen LogP contribution < -0.4 is 4.80 Å². The molecule has 0 N–H and O–H groups in total. The Kier molecular flexibility index (Phi) is 5.94. The Morgan fingerprint density at radius 2 is 2.14 bits per heavy atom. The fraction of sp³-hybridized carbons (Fsp3) is 0.368. The molecule has 3 heterocycles. The summed E-state index contributed by atoms with van der Waals surface area (Å²) < 4.78 is 30.6. The number of nitrogens with zero attached hydrogens (tertiary/aromatic N) is 3. The maximum Gasteiger partial charge on any atom is 0.266 e. The first-order valence-electron chi connectivity index (χ1n) is 9.34. The average molecular weight is 470 g/mol. The summed E-state index contributed by atoms with van der Waals surface area (Å²) in [4.78, 5) is 18.0. The maximum atomic E-state index is 13.1. The number of benzene rings is 1. The van der Waals surface area contributed by atoms with E-state index in [2.05, 4.69) is 4.99 Å². The maximum absolute atomic E-state index is 13.1. The van der Waals surface area contributed by atoms with Crippen molar-refractivity contribution in [2.24, 2.45) is 4.99 Å². The van der Waals surface area contributed by atoms with Crippen LogP contribution in [0.2, 0.25) is 5.02 Å². The number of hydrogen-bond acceptors (Lipinski definition) is 5. The van der Waals surface area contributed by atoms with Gasteiger partial charge in [0.2, 0.25) is 0 Å². The van der Waals surface area contributed by atoms with Crippen molar-refractivity contribution in [1.29, 1.82) is 0 Å². The summed E-state index contributed by atoms with van der Waals surface area (Å²) >= 11 is 8.65. The standard InChI is InChI=1S/C19H20ClN3O3S3/c1-2-22-14-9-8-13(20)12-16(14)28-19(22)21-18(24)15-6-3-4-10-23(15)29(25,26)17-7-5-11-27-17/h5,7-9,11-12,15H,2-4,6,10H2,1H3. The second-order valence-electron chi connectivity index (χ2n) is 6.75. The van der Waals surface area contributed by atoms with Gasteiger partial charge < -0.3 is 4.57 Å². The van der Waals surface area contributed by atoms with E-state index < -0.39 is 22.0 Å². The highest BCUT2D eigenvalue weighted by atomic mass is 35.5. The zero-order valence-corrected chi connectivity index (χ0v) is 19.0. The van der Waals surface area contributed by atoms with E-state index in [1.165, 1.54) is 27.0 Å². The third-order valence-electron chi connectivity index (χ3n) is 4.96. The molecule has 10 heteroatoms. The summed E-state index contributed by atoms with van der Waals surface area (Å²) in [5.74, 6) is -0.412. The van der Waals surface area contributed by atoms with E-state index in [0.717, 1.165) is 23.1 Å². The Morgan fingerprint density at radius 3 is 2.86 bits per heavy atom. The lowest BCUT2D eigenvalue weighted by atomic mass is 10.0. The van der Waals surface area contributed by atoms with Crippen LogP contribution in [0.25, 0.3) is 10.2 Å². The fourth-order valence-electron chi connectivity index (χ4n) is 3.57. The largest absolute Gasteiger partial charge is 0.317 e. The van der Waals surface area contributed by atoms with Crippen LogP contribution in [0.4, 0.5) is 0 Å². The summed E-state index contributed by atoms with van der Waals surface area (Å²) in [5.41, 5.74) is 0.958. The molecular formula is C19H20ClN3O3S3. The molecule has 1 atom stereocenters. The molecular weight excluding hydrogens is 450 g/mol. The monoisotopic (exact) mass is 469 g/mol. The topological polar surface area (TPSA) is 71.7 Å². The third-order valence-corrected chi connectivity index (χ3v) is 9.52. The highest BCUT2D eigenvalue weighted by Gasteiger charge is 2.38. The third kappa shape index (κ3) is 3.94. The molecule has 6 nitrogen and oxygen atoms in total. The van der Waals surface area contributed by atoms with E-state index in [4.69, 9.17) is 11.6 Å². The van der Waals surface area contributed by atoms with Gasteiger partial charge in [-0.15, -0.1) is 11.3 Å². The number of sulfonamides is 1. The highest BCUT2D eigenvalue weighted by Crippen LogP contribution is 2.28. The molecule has 1 aliphatic heterocycles. The van der Waals surface area contributed by atoms with Crippen molar-refractivity contribution in [1.82, 2.24) is 8.87 Å². The first-order chi connectivity index (χ1) is 13.9. The minimum absolute atomic E-state index is 0.261. The minimum atomic E-state index is -3.70. The van der Waals surface area contributed by atoms with Gasteiger partial charge in [-0.3, -0.25) is 4.79 Å². The molecule has 1 fully saturated rings. The van der Waals surface area contributed by atoms with Crippen molar-refractivity contribution in [2.75, 3.05) is 6.54 Å². The van der Waals surface area contributed by atoms with Crippen molar-refractivity contribution in [3.8, 4) is 0 Å². The predicted octanol–water partition coefficient (Wildman–Crippen LogP) is 4.11. The van der Waals surface area contributed by atoms with Gasteiger partial charge in [0.25, 0.3) is 15.9 Å². The molecule has 4 rings (SSSR count). The minimum Gasteiger partial charge on any atom is -0.317 e. The first-order valence-corrected chi connectivity index (χ1v) is 12.9. The molecule has 1 aliphatic rings. The quantitative estimate of drug-likeness (QED) is 0.577. The molecule has 0 bridgehead atoms. The number of aryl methyl sites for hydroxylation is 1. The van der Waals surface area contributed by atoms with Crippen molar-refractivity contribution >= 4 is 60.4 Å². The van der Waals surface area contributed by atoms with Gasteiger partial charge in [-0.1, -0.05) is 35.4 Å². The number of fused-ring (bicyclic) bond motifs is 1. The first kappa shape index (κ1) is 20.7. The van der Waals surface area contributed by atoms with Crippen LogP contribution in [0.3, 0.4) is 0 Å². The number of carbonyl (C=O) groups excluding carboxylic acids is 1. The van der Waals surface area contributed by atoms with Gasteiger partial charge in [0.1, 0.15) is 10.3 Å². The van der Waals surface area contributed by atoms with Crippen molar-refractivity contribution in [3.05, 3.63) is 45.5 Å². The number of thiazole rings is 1. The van der Waals surface area contributed by atoms with E-state index in [1.54, 1.807) is 17.5 Å². The lowest BCUT2D eigenvalue weighted by Gasteiger charge is -2.31. The summed E-state index contributed by atoms with van der Waals surface area (Å²) in [6.45, 7) is 2.97.